The number of rotatable bonds is 3. The van der Waals surface area contributed by atoms with Crippen molar-refractivity contribution >= 4 is 23.0 Å². The molecule has 4 heteroatoms. The van der Waals surface area contributed by atoms with E-state index < -0.39 is 0 Å². The standard InChI is InChI=1S/C17H21N3S/c1-2-13-12-20-9-8-14(13)10-16(20)11-18-17(21)19-15-6-4-3-5-7-15/h1,3-7,13-14,16H,8-12H2,(H2,18,19,21)/t13-,14+,16-/m1/s1. The number of thiocarbonyl (C=S) groups is 1. The minimum atomic E-state index is 0.449. The molecule has 1 aromatic rings. The van der Waals surface area contributed by atoms with Crippen molar-refractivity contribution in [2.24, 2.45) is 11.8 Å². The zero-order valence-electron chi connectivity index (χ0n) is 12.1. The van der Waals surface area contributed by atoms with Crippen molar-refractivity contribution in [3.8, 4) is 12.3 Å². The van der Waals surface area contributed by atoms with Gasteiger partial charge in [0.25, 0.3) is 0 Å². The van der Waals surface area contributed by atoms with Gasteiger partial charge in [-0.2, -0.15) is 0 Å². The Morgan fingerprint density at radius 3 is 2.86 bits per heavy atom. The molecule has 4 atom stereocenters. The Balaban J connectivity index is 1.48. The Hall–Kier alpha value is -1.57. The Labute approximate surface area is 132 Å². The average molecular weight is 299 g/mol. The molecule has 0 saturated carbocycles. The second-order valence-corrected chi connectivity index (χ2v) is 6.32. The molecule has 0 aliphatic carbocycles. The van der Waals surface area contributed by atoms with Gasteiger partial charge >= 0.3 is 0 Å². The van der Waals surface area contributed by atoms with E-state index in [0.29, 0.717) is 23.0 Å². The molecule has 3 heterocycles. The fraction of sp³-hybridized carbons (Fsp3) is 0.471. The van der Waals surface area contributed by atoms with Crippen molar-refractivity contribution in [1.82, 2.24) is 10.2 Å². The first-order valence-corrected chi connectivity index (χ1v) is 7.97. The Morgan fingerprint density at radius 1 is 1.38 bits per heavy atom. The molecule has 3 aliphatic rings. The third-order valence-electron chi connectivity index (χ3n) is 4.62. The monoisotopic (exact) mass is 299 g/mol. The van der Waals surface area contributed by atoms with Gasteiger partial charge in [-0.25, -0.2) is 0 Å². The topological polar surface area (TPSA) is 27.3 Å². The predicted molar refractivity (Wildman–Crippen MR) is 91.1 cm³/mol. The Kier molecular flexibility index (Phi) is 4.42. The van der Waals surface area contributed by atoms with Gasteiger partial charge < -0.3 is 10.6 Å². The van der Waals surface area contributed by atoms with Gasteiger partial charge in [-0.05, 0) is 49.7 Å². The van der Waals surface area contributed by atoms with Gasteiger partial charge in [0.05, 0.1) is 0 Å². The van der Waals surface area contributed by atoms with Crippen LogP contribution in [0.2, 0.25) is 0 Å². The van der Waals surface area contributed by atoms with Gasteiger partial charge in [-0.3, -0.25) is 4.90 Å². The zero-order chi connectivity index (χ0) is 14.7. The van der Waals surface area contributed by atoms with E-state index in [1.807, 2.05) is 30.3 Å². The summed E-state index contributed by atoms with van der Waals surface area (Å²) in [5, 5.41) is 7.25. The normalized spacial score (nSPS) is 30.4. The minimum absolute atomic E-state index is 0.449. The first-order valence-electron chi connectivity index (χ1n) is 7.56. The van der Waals surface area contributed by atoms with Crippen LogP contribution < -0.4 is 10.6 Å². The number of hydrogen-bond acceptors (Lipinski definition) is 2. The maximum atomic E-state index is 5.62. The first-order chi connectivity index (χ1) is 10.3. The minimum Gasteiger partial charge on any atom is -0.361 e. The number of terminal acetylenes is 1. The first kappa shape index (κ1) is 14.4. The van der Waals surface area contributed by atoms with Crippen LogP contribution in [0.4, 0.5) is 5.69 Å². The van der Waals surface area contributed by atoms with Crippen LogP contribution in [-0.4, -0.2) is 35.7 Å². The highest BCUT2D eigenvalue weighted by Gasteiger charge is 2.38. The van der Waals surface area contributed by atoms with Crippen LogP contribution in [0.3, 0.4) is 0 Å². The van der Waals surface area contributed by atoms with Crippen LogP contribution in [0.1, 0.15) is 12.8 Å². The second-order valence-electron chi connectivity index (χ2n) is 5.91. The van der Waals surface area contributed by atoms with Gasteiger partial charge in [-0.1, -0.05) is 18.2 Å². The van der Waals surface area contributed by atoms with Crippen molar-refractivity contribution in [3.63, 3.8) is 0 Å². The third kappa shape index (κ3) is 3.37. The SMILES string of the molecule is C#C[C@@H]1CN2CC[C@H]1C[C@@H]2CNC(=S)Nc1ccccc1. The lowest BCUT2D eigenvalue weighted by Gasteiger charge is -2.48. The van der Waals surface area contributed by atoms with Gasteiger partial charge in [-0.15, -0.1) is 12.3 Å². The van der Waals surface area contributed by atoms with Gasteiger partial charge in [0, 0.05) is 30.7 Å². The van der Waals surface area contributed by atoms with Crippen LogP contribution in [0, 0.1) is 24.2 Å². The Bertz CT molecular complexity index is 537. The van der Waals surface area contributed by atoms with Crippen molar-refractivity contribution in [2.75, 3.05) is 25.0 Å². The highest BCUT2D eigenvalue weighted by molar-refractivity contribution is 7.80. The molecule has 2 N–H and O–H groups in total. The lowest BCUT2D eigenvalue weighted by atomic mass is 9.76. The predicted octanol–water partition coefficient (Wildman–Crippen LogP) is 2.32. The number of anilines is 1. The number of piperidine rings is 3. The summed E-state index contributed by atoms with van der Waals surface area (Å²) in [5.74, 6) is 4.10. The maximum Gasteiger partial charge on any atom is 0.170 e. The molecule has 1 aromatic carbocycles. The number of nitrogens with one attached hydrogen (secondary N) is 2. The van der Waals surface area contributed by atoms with Gasteiger partial charge in [0.15, 0.2) is 5.11 Å². The van der Waals surface area contributed by atoms with Crippen LogP contribution >= 0.6 is 12.2 Å². The lowest BCUT2D eigenvalue weighted by Crippen LogP contribution is -2.56. The third-order valence-corrected chi connectivity index (χ3v) is 4.87. The van der Waals surface area contributed by atoms with Crippen molar-refractivity contribution in [3.05, 3.63) is 30.3 Å². The Morgan fingerprint density at radius 2 is 2.19 bits per heavy atom. The van der Waals surface area contributed by atoms with Crippen LogP contribution in [-0.2, 0) is 0 Å². The molecule has 21 heavy (non-hydrogen) atoms. The van der Waals surface area contributed by atoms with E-state index in [1.165, 1.54) is 19.4 Å². The summed E-state index contributed by atoms with van der Waals surface area (Å²) in [6.07, 6.45) is 8.06. The molecule has 0 spiro atoms. The molecular formula is C17H21N3S. The highest BCUT2D eigenvalue weighted by Crippen LogP contribution is 2.35. The maximum absolute atomic E-state index is 5.62. The van der Waals surface area contributed by atoms with Crippen molar-refractivity contribution in [1.29, 1.82) is 0 Å². The molecule has 2 bridgehead atoms. The molecule has 0 amide bonds. The molecule has 1 unspecified atom stereocenters. The van der Waals surface area contributed by atoms with E-state index in [4.69, 9.17) is 18.6 Å². The smallest absolute Gasteiger partial charge is 0.170 e. The molecule has 3 nitrogen and oxygen atoms in total. The van der Waals surface area contributed by atoms with E-state index in [0.717, 1.165) is 18.8 Å². The van der Waals surface area contributed by atoms with E-state index in [-0.39, 0.29) is 0 Å². The lowest BCUT2D eigenvalue weighted by molar-refractivity contribution is 0.0248. The van der Waals surface area contributed by atoms with Gasteiger partial charge in [0.2, 0.25) is 0 Å². The van der Waals surface area contributed by atoms with Gasteiger partial charge in [0.1, 0.15) is 0 Å². The molecular weight excluding hydrogens is 278 g/mol. The molecule has 3 saturated heterocycles. The summed E-state index contributed by atoms with van der Waals surface area (Å²) in [4.78, 5) is 2.52. The summed E-state index contributed by atoms with van der Waals surface area (Å²) in [7, 11) is 0. The highest BCUT2D eigenvalue weighted by atomic mass is 32.1. The van der Waals surface area contributed by atoms with Crippen LogP contribution in [0.25, 0.3) is 0 Å². The summed E-state index contributed by atoms with van der Waals surface area (Å²) in [5.41, 5.74) is 1.02. The second kappa shape index (κ2) is 6.46. The summed E-state index contributed by atoms with van der Waals surface area (Å²) >= 11 is 5.36. The van der Waals surface area contributed by atoms with Crippen molar-refractivity contribution < 1.29 is 0 Å². The molecule has 3 aliphatic heterocycles. The van der Waals surface area contributed by atoms with E-state index in [2.05, 4.69) is 21.5 Å². The van der Waals surface area contributed by atoms with Crippen molar-refractivity contribution in [2.45, 2.75) is 18.9 Å². The van der Waals surface area contributed by atoms with Crippen LogP contribution in [0.5, 0.6) is 0 Å². The number of fused-ring (bicyclic) bond motifs is 3. The van der Waals surface area contributed by atoms with E-state index >= 15 is 0 Å². The molecule has 0 aromatic heterocycles. The fourth-order valence-electron chi connectivity index (χ4n) is 3.45. The fourth-order valence-corrected chi connectivity index (χ4v) is 3.65. The summed E-state index contributed by atoms with van der Waals surface area (Å²) in [6.45, 7) is 3.12. The average Bonchev–Trinajstić information content (AvgIpc) is 2.54. The molecule has 0 radical (unpaired) electrons. The quantitative estimate of drug-likeness (QED) is 0.662. The zero-order valence-corrected chi connectivity index (χ0v) is 12.9. The molecule has 4 rings (SSSR count). The van der Waals surface area contributed by atoms with E-state index in [1.54, 1.807) is 0 Å². The molecule has 110 valence electrons. The number of para-hydroxylation sites is 1. The summed E-state index contributed by atoms with van der Waals surface area (Å²) < 4.78 is 0. The van der Waals surface area contributed by atoms with E-state index in [9.17, 15) is 0 Å². The number of benzene rings is 1. The molecule has 3 fully saturated rings. The number of hydrogen-bond donors (Lipinski definition) is 2. The number of nitrogens with zero attached hydrogens (tertiary/aromatic N) is 1. The summed E-state index contributed by atoms with van der Waals surface area (Å²) in [6, 6.07) is 10.6. The largest absolute Gasteiger partial charge is 0.361 e. The van der Waals surface area contributed by atoms with Crippen LogP contribution in [0.15, 0.2) is 30.3 Å².